The van der Waals surface area contributed by atoms with Crippen LogP contribution in [0.4, 0.5) is 4.39 Å². The maximum atomic E-state index is 13.4. The van der Waals surface area contributed by atoms with Gasteiger partial charge in [0.15, 0.2) is 0 Å². The van der Waals surface area contributed by atoms with Gasteiger partial charge in [-0.3, -0.25) is 4.98 Å². The summed E-state index contributed by atoms with van der Waals surface area (Å²) in [6.07, 6.45) is 2.26. The van der Waals surface area contributed by atoms with Crippen molar-refractivity contribution in [3.8, 4) is 0 Å². The van der Waals surface area contributed by atoms with Gasteiger partial charge in [-0.05, 0) is 30.2 Å². The molecular formula is C14H14ClFN2. The van der Waals surface area contributed by atoms with Crippen molar-refractivity contribution in [1.82, 2.24) is 4.98 Å². The van der Waals surface area contributed by atoms with Crippen LogP contribution in [0.1, 0.15) is 22.9 Å². The molecule has 0 amide bonds. The van der Waals surface area contributed by atoms with Gasteiger partial charge in [0, 0.05) is 24.4 Å². The average molecular weight is 265 g/mol. The van der Waals surface area contributed by atoms with Crippen molar-refractivity contribution < 1.29 is 4.39 Å². The van der Waals surface area contributed by atoms with Gasteiger partial charge in [0.1, 0.15) is 5.82 Å². The monoisotopic (exact) mass is 264 g/mol. The van der Waals surface area contributed by atoms with Crippen molar-refractivity contribution in [2.75, 3.05) is 0 Å². The van der Waals surface area contributed by atoms with E-state index in [1.54, 1.807) is 18.3 Å². The second-order valence-corrected chi connectivity index (χ2v) is 4.60. The van der Waals surface area contributed by atoms with Gasteiger partial charge in [-0.15, -0.1) is 0 Å². The molecule has 94 valence electrons. The van der Waals surface area contributed by atoms with Gasteiger partial charge < -0.3 is 5.73 Å². The molecule has 0 aliphatic rings. The number of rotatable bonds is 3. The minimum absolute atomic E-state index is 0.0959. The van der Waals surface area contributed by atoms with Gasteiger partial charge in [0.25, 0.3) is 0 Å². The highest BCUT2D eigenvalue weighted by Gasteiger charge is 2.15. The molecule has 0 saturated heterocycles. The smallest absolute Gasteiger partial charge is 0.142 e. The molecule has 1 aromatic carbocycles. The molecule has 2 N–H and O–H groups in total. The van der Waals surface area contributed by atoms with E-state index in [4.69, 9.17) is 17.3 Å². The molecule has 0 spiro atoms. The van der Waals surface area contributed by atoms with Gasteiger partial charge in [-0.25, -0.2) is 4.39 Å². The van der Waals surface area contributed by atoms with Gasteiger partial charge in [-0.1, -0.05) is 29.8 Å². The highest BCUT2D eigenvalue weighted by molar-refractivity contribution is 6.31. The molecular weight excluding hydrogens is 251 g/mol. The quantitative estimate of drug-likeness (QED) is 0.923. The molecule has 0 radical (unpaired) electrons. The van der Waals surface area contributed by atoms with Gasteiger partial charge in [0.05, 0.1) is 5.02 Å². The molecule has 2 aromatic rings. The van der Waals surface area contributed by atoms with Crippen LogP contribution < -0.4 is 5.73 Å². The second-order valence-electron chi connectivity index (χ2n) is 4.22. The largest absolute Gasteiger partial charge is 0.324 e. The SMILES string of the molecule is Cc1cccnc1CC(N)c1cccc(F)c1Cl. The van der Waals surface area contributed by atoms with E-state index in [1.165, 1.54) is 6.07 Å². The highest BCUT2D eigenvalue weighted by Crippen LogP contribution is 2.26. The maximum Gasteiger partial charge on any atom is 0.142 e. The molecule has 4 heteroatoms. The lowest BCUT2D eigenvalue weighted by Crippen LogP contribution is -2.15. The molecule has 2 rings (SSSR count). The Morgan fingerprint density at radius 1 is 1.33 bits per heavy atom. The van der Waals surface area contributed by atoms with Crippen LogP contribution in [0.25, 0.3) is 0 Å². The fraction of sp³-hybridized carbons (Fsp3) is 0.214. The topological polar surface area (TPSA) is 38.9 Å². The van der Waals surface area contributed by atoms with Gasteiger partial charge in [0.2, 0.25) is 0 Å². The van der Waals surface area contributed by atoms with Crippen molar-refractivity contribution in [1.29, 1.82) is 0 Å². The number of hydrogen-bond donors (Lipinski definition) is 1. The molecule has 1 atom stereocenters. The van der Waals surface area contributed by atoms with E-state index >= 15 is 0 Å². The van der Waals surface area contributed by atoms with E-state index < -0.39 is 5.82 Å². The number of halogens is 2. The lowest BCUT2D eigenvalue weighted by molar-refractivity contribution is 0.618. The minimum atomic E-state index is -0.442. The summed E-state index contributed by atoms with van der Waals surface area (Å²) >= 11 is 5.92. The van der Waals surface area contributed by atoms with Crippen LogP contribution in [0.5, 0.6) is 0 Å². The van der Waals surface area contributed by atoms with Crippen molar-refractivity contribution in [3.63, 3.8) is 0 Å². The van der Waals surface area contributed by atoms with Crippen molar-refractivity contribution in [3.05, 3.63) is 64.2 Å². The zero-order chi connectivity index (χ0) is 13.1. The molecule has 0 aliphatic heterocycles. The fourth-order valence-corrected chi connectivity index (χ4v) is 2.12. The van der Waals surface area contributed by atoms with E-state index in [0.29, 0.717) is 12.0 Å². The predicted molar refractivity (Wildman–Crippen MR) is 71.0 cm³/mol. The molecule has 0 bridgehead atoms. The van der Waals surface area contributed by atoms with Crippen LogP contribution in [-0.4, -0.2) is 4.98 Å². The molecule has 1 unspecified atom stereocenters. The Balaban J connectivity index is 2.25. The third kappa shape index (κ3) is 2.68. The third-order valence-corrected chi connectivity index (χ3v) is 3.31. The first-order chi connectivity index (χ1) is 8.59. The van der Waals surface area contributed by atoms with Crippen LogP contribution >= 0.6 is 11.6 Å². The molecule has 1 heterocycles. The maximum absolute atomic E-state index is 13.4. The predicted octanol–water partition coefficient (Wildman–Crippen LogP) is 3.43. The first-order valence-electron chi connectivity index (χ1n) is 5.69. The van der Waals surface area contributed by atoms with E-state index in [0.717, 1.165) is 11.3 Å². The van der Waals surface area contributed by atoms with Crippen LogP contribution in [0, 0.1) is 12.7 Å². The normalized spacial score (nSPS) is 12.4. The molecule has 2 nitrogen and oxygen atoms in total. The summed E-state index contributed by atoms with van der Waals surface area (Å²) in [6.45, 7) is 1.97. The summed E-state index contributed by atoms with van der Waals surface area (Å²) in [4.78, 5) is 4.28. The summed E-state index contributed by atoms with van der Waals surface area (Å²) in [7, 11) is 0. The van der Waals surface area contributed by atoms with E-state index in [9.17, 15) is 4.39 Å². The third-order valence-electron chi connectivity index (χ3n) is 2.91. The summed E-state index contributed by atoms with van der Waals surface area (Å²) in [5, 5.41) is 0.0959. The van der Waals surface area contributed by atoms with Gasteiger partial charge in [-0.2, -0.15) is 0 Å². The Hall–Kier alpha value is -1.45. The fourth-order valence-electron chi connectivity index (χ4n) is 1.86. The number of aryl methyl sites for hydroxylation is 1. The first-order valence-corrected chi connectivity index (χ1v) is 6.07. The lowest BCUT2D eigenvalue weighted by Gasteiger charge is -2.14. The zero-order valence-electron chi connectivity index (χ0n) is 10.0. The van der Waals surface area contributed by atoms with E-state index in [-0.39, 0.29) is 11.1 Å². The van der Waals surface area contributed by atoms with Gasteiger partial charge >= 0.3 is 0 Å². The Morgan fingerprint density at radius 3 is 2.83 bits per heavy atom. The van der Waals surface area contributed by atoms with E-state index in [1.807, 2.05) is 19.1 Å². The minimum Gasteiger partial charge on any atom is -0.324 e. The zero-order valence-corrected chi connectivity index (χ0v) is 10.8. The Labute approximate surface area is 111 Å². The standard InChI is InChI=1S/C14H14ClFN2/c1-9-4-3-7-18-13(9)8-12(17)10-5-2-6-11(16)14(10)15/h2-7,12H,8,17H2,1H3. The summed E-state index contributed by atoms with van der Waals surface area (Å²) in [5.41, 5.74) is 8.66. The molecule has 1 aromatic heterocycles. The number of nitrogens with zero attached hydrogens (tertiary/aromatic N) is 1. The lowest BCUT2D eigenvalue weighted by atomic mass is 10.0. The summed E-state index contributed by atoms with van der Waals surface area (Å²) in [5.74, 6) is -0.442. The van der Waals surface area contributed by atoms with Crippen molar-refractivity contribution >= 4 is 11.6 Å². The highest BCUT2D eigenvalue weighted by atomic mass is 35.5. The van der Waals surface area contributed by atoms with Crippen LogP contribution in [0.3, 0.4) is 0 Å². The van der Waals surface area contributed by atoms with E-state index in [2.05, 4.69) is 4.98 Å². The Bertz CT molecular complexity index is 557. The number of aromatic nitrogens is 1. The summed E-state index contributed by atoms with van der Waals surface area (Å²) in [6, 6.07) is 8.17. The molecule has 0 saturated carbocycles. The average Bonchev–Trinajstić information content (AvgIpc) is 2.35. The van der Waals surface area contributed by atoms with Crippen LogP contribution in [0.2, 0.25) is 5.02 Å². The number of hydrogen-bond acceptors (Lipinski definition) is 2. The Kier molecular flexibility index (Phi) is 3.94. The number of benzene rings is 1. The Morgan fingerprint density at radius 2 is 2.11 bits per heavy atom. The molecule has 0 fully saturated rings. The van der Waals surface area contributed by atoms with Crippen molar-refractivity contribution in [2.24, 2.45) is 5.73 Å². The summed E-state index contributed by atoms with van der Waals surface area (Å²) < 4.78 is 13.4. The molecule has 0 aliphatic carbocycles. The van der Waals surface area contributed by atoms with Crippen molar-refractivity contribution in [2.45, 2.75) is 19.4 Å². The van der Waals surface area contributed by atoms with Crippen LogP contribution in [-0.2, 0) is 6.42 Å². The number of nitrogens with two attached hydrogens (primary N) is 1. The van der Waals surface area contributed by atoms with Crippen LogP contribution in [0.15, 0.2) is 36.5 Å². The second kappa shape index (κ2) is 5.46. The number of pyridine rings is 1. The molecule has 18 heavy (non-hydrogen) atoms. The first kappa shape index (κ1) is 13.0.